The number of hydrogen-bond donors (Lipinski definition) is 11. The quantitative estimate of drug-likeness (QED) is 0.0418. The van der Waals surface area contributed by atoms with Gasteiger partial charge in [0, 0.05) is 19.5 Å². The van der Waals surface area contributed by atoms with Gasteiger partial charge in [-0.15, -0.1) is 0 Å². The van der Waals surface area contributed by atoms with Gasteiger partial charge >= 0.3 is 5.97 Å². The van der Waals surface area contributed by atoms with Crippen LogP contribution in [0.1, 0.15) is 44.1 Å². The first-order chi connectivity index (χ1) is 22.4. The summed E-state index contributed by atoms with van der Waals surface area (Å²) in [5.74, 6) is -5.96. The Morgan fingerprint density at radius 1 is 0.809 bits per heavy atom. The summed E-state index contributed by atoms with van der Waals surface area (Å²) in [5.41, 5.74) is 5.97. The fourth-order valence-electron chi connectivity index (χ4n) is 4.62. The number of guanidine groups is 1. The summed E-state index contributed by atoms with van der Waals surface area (Å²) in [6.45, 7) is -0.125. The smallest absolute Gasteiger partial charge is 0.305 e. The van der Waals surface area contributed by atoms with Gasteiger partial charge in [-0.2, -0.15) is 12.6 Å². The lowest BCUT2D eigenvalue weighted by Gasteiger charge is -2.26. The van der Waals surface area contributed by atoms with Gasteiger partial charge in [0.05, 0.1) is 18.7 Å². The maximum atomic E-state index is 13.7. The molecule has 0 bridgehead atoms. The molecule has 2 rings (SSSR count). The van der Waals surface area contributed by atoms with E-state index >= 15 is 0 Å². The van der Waals surface area contributed by atoms with Crippen LogP contribution in [0.5, 0.6) is 0 Å². The van der Waals surface area contributed by atoms with E-state index in [2.05, 4.69) is 49.8 Å². The number of thiol groups is 1. The summed E-state index contributed by atoms with van der Waals surface area (Å²) in [7, 11) is 0. The van der Waals surface area contributed by atoms with Crippen LogP contribution in [0.25, 0.3) is 0 Å². The molecule has 1 aromatic carbocycles. The first-order valence-corrected chi connectivity index (χ1v) is 15.7. The lowest BCUT2D eigenvalue weighted by molar-refractivity contribution is -0.141. The van der Waals surface area contributed by atoms with Gasteiger partial charge in [0.2, 0.25) is 35.4 Å². The van der Waals surface area contributed by atoms with Gasteiger partial charge < -0.3 is 48.1 Å². The van der Waals surface area contributed by atoms with E-state index in [0.29, 0.717) is 24.9 Å². The van der Waals surface area contributed by atoms with E-state index in [1.807, 2.05) is 0 Å². The molecule has 18 heteroatoms. The second-order valence-corrected chi connectivity index (χ2v) is 11.1. The predicted octanol–water partition coefficient (Wildman–Crippen LogP) is -2.75. The summed E-state index contributed by atoms with van der Waals surface area (Å²) < 4.78 is 0. The molecule has 1 heterocycles. The molecule has 0 spiro atoms. The largest absolute Gasteiger partial charge is 0.481 e. The Balaban J connectivity index is 2.41. The molecule has 4 atom stereocenters. The van der Waals surface area contributed by atoms with Crippen LogP contribution < -0.4 is 43.0 Å². The van der Waals surface area contributed by atoms with Crippen molar-refractivity contribution >= 4 is 60.0 Å². The normalized spacial score (nSPS) is 21.0. The van der Waals surface area contributed by atoms with Crippen molar-refractivity contribution in [2.45, 2.75) is 69.1 Å². The maximum Gasteiger partial charge on any atom is 0.305 e. The number of nitrogens with two attached hydrogens (primary N) is 1. The molecule has 1 aromatic rings. The van der Waals surface area contributed by atoms with Crippen LogP contribution in [0, 0.1) is 5.41 Å². The molecule has 1 aliphatic rings. The van der Waals surface area contributed by atoms with Crippen molar-refractivity contribution in [1.82, 2.24) is 37.2 Å². The van der Waals surface area contributed by atoms with E-state index in [4.69, 9.17) is 11.1 Å². The van der Waals surface area contributed by atoms with Crippen LogP contribution in [0.3, 0.4) is 0 Å². The van der Waals surface area contributed by atoms with Crippen molar-refractivity contribution in [2.24, 2.45) is 5.73 Å². The summed E-state index contributed by atoms with van der Waals surface area (Å²) in [4.78, 5) is 89.4. The van der Waals surface area contributed by atoms with Gasteiger partial charge in [0.1, 0.15) is 24.2 Å². The first kappa shape index (κ1) is 38.3. The van der Waals surface area contributed by atoms with Crippen molar-refractivity contribution in [3.63, 3.8) is 0 Å². The number of nitrogens with one attached hydrogen (secondary N) is 8. The highest BCUT2D eigenvalue weighted by molar-refractivity contribution is 7.81. The highest BCUT2D eigenvalue weighted by Gasteiger charge is 2.33. The van der Waals surface area contributed by atoms with Gasteiger partial charge in [0.15, 0.2) is 5.96 Å². The monoisotopic (exact) mass is 677 g/mol. The zero-order valence-electron chi connectivity index (χ0n) is 25.8. The summed E-state index contributed by atoms with van der Waals surface area (Å²) >= 11 is 3.91. The molecular formula is C29H43N9O8S. The Morgan fingerprint density at radius 2 is 1.38 bits per heavy atom. The third-order valence-corrected chi connectivity index (χ3v) is 7.29. The molecule has 0 unspecified atom stereocenters. The molecule has 17 nitrogen and oxygen atoms in total. The highest BCUT2D eigenvalue weighted by atomic mass is 32.1. The molecule has 0 radical (unpaired) electrons. The molecule has 1 fully saturated rings. The molecule has 258 valence electrons. The zero-order valence-corrected chi connectivity index (χ0v) is 26.7. The number of carbonyl (C=O) groups excluding carboxylic acids is 6. The number of carboxylic acids is 1. The van der Waals surface area contributed by atoms with E-state index in [1.54, 1.807) is 30.3 Å². The van der Waals surface area contributed by atoms with Gasteiger partial charge in [-0.05, 0) is 37.7 Å². The average molecular weight is 678 g/mol. The lowest BCUT2D eigenvalue weighted by atomic mass is 10.0. The predicted molar refractivity (Wildman–Crippen MR) is 173 cm³/mol. The van der Waals surface area contributed by atoms with Crippen molar-refractivity contribution < 1.29 is 38.7 Å². The number of benzene rings is 1. The summed E-state index contributed by atoms with van der Waals surface area (Å²) in [5, 5.41) is 34.4. The van der Waals surface area contributed by atoms with Crippen LogP contribution >= 0.6 is 12.6 Å². The van der Waals surface area contributed by atoms with Crippen molar-refractivity contribution in [3.8, 4) is 0 Å². The Kier molecular flexibility index (Phi) is 16.5. The Bertz CT molecular complexity index is 1280. The first-order valence-electron chi connectivity index (χ1n) is 15.1. The fraction of sp³-hybridized carbons (Fsp3) is 0.517. The molecule has 1 saturated heterocycles. The van der Waals surface area contributed by atoms with E-state index < -0.39 is 72.6 Å². The van der Waals surface area contributed by atoms with Crippen molar-refractivity contribution in [3.05, 3.63) is 35.9 Å². The van der Waals surface area contributed by atoms with Crippen LogP contribution in [0.4, 0.5) is 0 Å². The molecule has 6 amide bonds. The van der Waals surface area contributed by atoms with Crippen LogP contribution in [0.15, 0.2) is 30.3 Å². The number of hydrogen-bond acceptors (Lipinski definition) is 9. The fourth-order valence-corrected chi connectivity index (χ4v) is 4.73. The third-order valence-electron chi connectivity index (χ3n) is 7.01. The summed E-state index contributed by atoms with van der Waals surface area (Å²) in [6.07, 6.45) is 0.445. The van der Waals surface area contributed by atoms with E-state index in [9.17, 15) is 38.7 Å². The molecule has 0 aliphatic carbocycles. The van der Waals surface area contributed by atoms with Gasteiger partial charge in [-0.25, -0.2) is 0 Å². The number of carboxylic acid groups (broad SMARTS) is 1. The molecule has 0 aromatic heterocycles. The van der Waals surface area contributed by atoms with E-state index in [0.717, 1.165) is 0 Å². The Labute approximate surface area is 277 Å². The second kappa shape index (κ2) is 20.3. The minimum atomic E-state index is -1.58. The maximum absolute atomic E-state index is 13.7. The molecule has 11 N–H and O–H groups in total. The highest BCUT2D eigenvalue weighted by Crippen LogP contribution is 2.09. The number of aliphatic carboxylic acids is 1. The molecule has 1 aliphatic heterocycles. The topological polar surface area (TPSA) is 274 Å². The van der Waals surface area contributed by atoms with Crippen LogP contribution in [-0.2, 0) is 40.0 Å². The number of amides is 6. The van der Waals surface area contributed by atoms with Crippen molar-refractivity contribution in [2.75, 3.05) is 25.4 Å². The average Bonchev–Trinajstić information content (AvgIpc) is 3.03. The van der Waals surface area contributed by atoms with E-state index in [-0.39, 0.29) is 49.8 Å². The van der Waals surface area contributed by atoms with Crippen LogP contribution in [0.2, 0.25) is 0 Å². The minimum Gasteiger partial charge on any atom is -0.481 e. The molecule has 0 saturated carbocycles. The standard InChI is InChI=1S/C29H43N9O8S/c30-29(31)33-12-6-10-18-25(43)34-15-22(39)35-21(14-24(41)42)28(46)38-20(13-17-7-2-1-3-8-17)27(45)37-19(26(44)36-18)9-4-5-11-32-23(40)16-47/h1-3,7-8,18-21,47H,4-6,9-16H2,(H,32,40)(H,34,43)(H,35,39)(H,36,44)(H,37,45)(H,38,46)(H,41,42)(H4,30,31,33)/t18-,19+,20-,21-/m0/s1. The number of rotatable bonds is 14. The van der Waals surface area contributed by atoms with E-state index in [1.165, 1.54) is 0 Å². The zero-order chi connectivity index (χ0) is 34.8. The lowest BCUT2D eigenvalue weighted by Crippen LogP contribution is -2.58. The molecular weight excluding hydrogens is 634 g/mol. The Morgan fingerprint density at radius 3 is 2.02 bits per heavy atom. The van der Waals surface area contributed by atoms with Gasteiger partial charge in [-0.1, -0.05) is 30.3 Å². The minimum absolute atomic E-state index is 0.00936. The summed E-state index contributed by atoms with van der Waals surface area (Å²) in [6, 6.07) is 3.46. The molecule has 47 heavy (non-hydrogen) atoms. The number of carbonyl (C=O) groups is 7. The third kappa shape index (κ3) is 14.8. The Hall–Kier alpha value is -4.87. The van der Waals surface area contributed by atoms with Crippen LogP contribution in [-0.4, -0.2) is 102 Å². The van der Waals surface area contributed by atoms with Gasteiger partial charge in [0.25, 0.3) is 0 Å². The van der Waals surface area contributed by atoms with Gasteiger partial charge in [-0.3, -0.25) is 39.0 Å². The second-order valence-electron chi connectivity index (χ2n) is 10.8. The van der Waals surface area contributed by atoms with Crippen molar-refractivity contribution in [1.29, 1.82) is 5.41 Å². The number of unbranched alkanes of at least 4 members (excludes halogenated alkanes) is 1. The SMILES string of the molecule is N=C(N)NCCC[C@@H]1NC(=O)[C@@H](CCCCNC(=O)CS)NC(=O)[C@H](Cc2ccccc2)NC(=O)[C@H](CC(=O)O)NC(=O)CNC1=O.